The van der Waals surface area contributed by atoms with Crippen molar-refractivity contribution in [3.8, 4) is 0 Å². The SMILES string of the molecule is OCCN1CCOC1.[2H]C([2H])([2H])c1ncc[nH]1.[2H]C([2H])([2H])c1nccn1CC1CCc2c(c3ccccc3n2C([2H])([2H])[2H])C1=O.[2H]C([2H])([2H])n1c2c(c3ccccc31)C(=O)CCC2. The van der Waals surface area contributed by atoms with Crippen LogP contribution in [0.2, 0.25) is 0 Å². The van der Waals surface area contributed by atoms with Gasteiger partial charge in [0.15, 0.2) is 11.6 Å². The van der Waals surface area contributed by atoms with Gasteiger partial charge in [0.25, 0.3) is 0 Å². The Morgan fingerprint density at radius 1 is 0.922 bits per heavy atom. The molecule has 11 nitrogen and oxygen atoms in total. The third-order valence-electron chi connectivity index (χ3n) is 9.26. The van der Waals surface area contributed by atoms with Gasteiger partial charge in [0.05, 0.1) is 19.9 Å². The van der Waals surface area contributed by atoms with Crippen molar-refractivity contribution in [3.63, 3.8) is 0 Å². The number of imidazole rings is 2. The van der Waals surface area contributed by atoms with E-state index in [0.29, 0.717) is 71.3 Å². The number of fused-ring (bicyclic) bond motifs is 6. The van der Waals surface area contributed by atoms with E-state index < -0.39 is 33.6 Å². The maximum atomic E-state index is 13.3. The molecule has 2 aliphatic carbocycles. The molecule has 268 valence electrons. The number of Topliss-reactive ketones (excluding diaryl/α,β-unsaturated/α-hetero) is 2. The number of aromatic amines is 1. The lowest BCUT2D eigenvalue weighted by molar-refractivity contribution is 0.0887. The summed E-state index contributed by atoms with van der Waals surface area (Å²) in [6.07, 6.45) is 8.70. The van der Waals surface area contributed by atoms with Crippen LogP contribution in [0.1, 0.15) is 79.5 Å². The number of aliphatic hydroxyl groups excluding tert-OH is 1. The van der Waals surface area contributed by atoms with E-state index >= 15 is 0 Å². The number of hydrogen-bond donors (Lipinski definition) is 2. The van der Waals surface area contributed by atoms with Crippen LogP contribution in [0.4, 0.5) is 0 Å². The number of aryl methyl sites for hydroxylation is 4. The Hall–Kier alpha value is -4.84. The highest BCUT2D eigenvalue weighted by molar-refractivity contribution is 6.11. The second-order valence-electron chi connectivity index (χ2n) is 12.4. The summed E-state index contributed by atoms with van der Waals surface area (Å²) in [6, 6.07) is 14.3. The van der Waals surface area contributed by atoms with Crippen LogP contribution >= 0.6 is 0 Å². The minimum Gasteiger partial charge on any atom is -0.395 e. The molecule has 51 heavy (non-hydrogen) atoms. The number of carbonyl (C=O) groups excluding carboxylic acids is 2. The number of ketones is 2. The van der Waals surface area contributed by atoms with Gasteiger partial charge in [0.1, 0.15) is 11.6 Å². The van der Waals surface area contributed by atoms with Crippen molar-refractivity contribution >= 4 is 33.4 Å². The van der Waals surface area contributed by atoms with Crippen LogP contribution in [0.25, 0.3) is 21.8 Å². The molecule has 0 amide bonds. The van der Waals surface area contributed by atoms with Crippen LogP contribution in [-0.4, -0.2) is 83.3 Å². The molecule has 9 rings (SSSR count). The first-order valence-corrected chi connectivity index (χ1v) is 16.9. The first-order chi connectivity index (χ1) is 29.6. The second kappa shape index (κ2) is 16.5. The van der Waals surface area contributed by atoms with Gasteiger partial charge in [-0.25, -0.2) is 9.97 Å². The zero-order valence-corrected chi connectivity index (χ0v) is 28.1. The molecular weight excluding hydrogens is 642 g/mol. The molecule has 0 radical (unpaired) electrons. The fourth-order valence-corrected chi connectivity index (χ4v) is 6.76. The van der Waals surface area contributed by atoms with Crippen molar-refractivity contribution in [3.05, 3.63) is 107 Å². The van der Waals surface area contributed by atoms with Gasteiger partial charge in [-0.15, -0.1) is 0 Å². The lowest BCUT2D eigenvalue weighted by Gasteiger charge is -2.23. The number of H-pyrrole nitrogens is 1. The normalized spacial score (nSPS) is 21.3. The summed E-state index contributed by atoms with van der Waals surface area (Å²) < 4.78 is 99.1. The number of para-hydroxylation sites is 2. The summed E-state index contributed by atoms with van der Waals surface area (Å²) in [7, 11) is 0. The third kappa shape index (κ3) is 7.90. The van der Waals surface area contributed by atoms with Gasteiger partial charge >= 0.3 is 0 Å². The molecule has 1 fully saturated rings. The Labute approximate surface area is 315 Å². The average Bonchev–Trinajstić information content (AvgIpc) is 4.05. The van der Waals surface area contributed by atoms with Crippen LogP contribution in [0, 0.1) is 19.6 Å². The number of nitrogens with zero attached hydrogens (tertiary/aromatic N) is 6. The topological polar surface area (TPSA) is 123 Å². The molecule has 0 saturated carbocycles. The lowest BCUT2D eigenvalue weighted by atomic mass is 9.85. The van der Waals surface area contributed by atoms with Crippen molar-refractivity contribution in [1.82, 2.24) is 33.6 Å². The lowest BCUT2D eigenvalue weighted by Crippen LogP contribution is -2.27. The number of aliphatic hydroxyl groups is 1. The fourth-order valence-electron chi connectivity index (χ4n) is 6.76. The monoisotopic (exact) mass is 703 g/mol. The van der Waals surface area contributed by atoms with Gasteiger partial charge in [-0.2, -0.15) is 0 Å². The Morgan fingerprint density at radius 3 is 2.29 bits per heavy atom. The van der Waals surface area contributed by atoms with Gasteiger partial charge in [-0.1, -0.05) is 36.4 Å². The number of β-amino-alcohol motifs (C(OH)–C–C–N with tert-alkyl or cyclic N) is 1. The highest BCUT2D eigenvalue weighted by Crippen LogP contribution is 2.34. The van der Waals surface area contributed by atoms with E-state index in [1.54, 1.807) is 42.6 Å². The molecule has 5 heterocycles. The summed E-state index contributed by atoms with van der Waals surface area (Å²) in [4.78, 5) is 37.4. The van der Waals surface area contributed by atoms with E-state index in [1.165, 1.54) is 32.3 Å². The molecule has 4 aromatic heterocycles. The maximum Gasteiger partial charge on any atom is 0.170 e. The summed E-state index contributed by atoms with van der Waals surface area (Å²) in [5.41, 5.74) is 3.42. The number of carbonyl (C=O) groups is 2. The zero-order chi connectivity index (χ0) is 45.9. The number of ether oxygens (including phenoxy) is 1. The van der Waals surface area contributed by atoms with Gasteiger partial charge in [0.2, 0.25) is 0 Å². The molecule has 6 aromatic rings. The smallest absolute Gasteiger partial charge is 0.170 e. The van der Waals surface area contributed by atoms with Crippen LogP contribution in [0.5, 0.6) is 0 Å². The van der Waals surface area contributed by atoms with Gasteiger partial charge in [0, 0.05) is 131 Å². The molecule has 1 atom stereocenters. The molecule has 1 saturated heterocycles. The Kier molecular flexibility index (Phi) is 7.61. The van der Waals surface area contributed by atoms with Gasteiger partial charge < -0.3 is 28.5 Å². The Balaban J connectivity index is 0.000000160. The van der Waals surface area contributed by atoms with Crippen LogP contribution in [-0.2, 0) is 38.1 Å². The van der Waals surface area contributed by atoms with Crippen LogP contribution in [0.15, 0.2) is 73.3 Å². The summed E-state index contributed by atoms with van der Waals surface area (Å²) in [5.74, 6) is -0.515. The summed E-state index contributed by atoms with van der Waals surface area (Å²) >= 11 is 0. The maximum absolute atomic E-state index is 13.3. The molecular formula is C40H49N7O4. The van der Waals surface area contributed by atoms with Gasteiger partial charge in [-0.3, -0.25) is 14.5 Å². The predicted octanol–water partition coefficient (Wildman–Crippen LogP) is 5.81. The van der Waals surface area contributed by atoms with Crippen molar-refractivity contribution in [2.45, 2.75) is 52.4 Å². The van der Waals surface area contributed by atoms with Crippen molar-refractivity contribution in [2.24, 2.45) is 19.9 Å². The highest BCUT2D eigenvalue weighted by Gasteiger charge is 2.32. The number of hydrogen-bond acceptors (Lipinski definition) is 7. The summed E-state index contributed by atoms with van der Waals surface area (Å²) in [5, 5.41) is 9.83. The van der Waals surface area contributed by atoms with Crippen LogP contribution < -0.4 is 0 Å². The third-order valence-corrected chi connectivity index (χ3v) is 9.26. The van der Waals surface area contributed by atoms with E-state index in [0.717, 1.165) is 31.5 Å². The number of rotatable bonds is 4. The Bertz CT molecular complexity index is 2510. The van der Waals surface area contributed by atoms with Gasteiger partial charge in [-0.05, 0) is 51.5 Å². The second-order valence-corrected chi connectivity index (χ2v) is 12.4. The molecule has 0 spiro atoms. The average molecular weight is 704 g/mol. The Morgan fingerprint density at radius 2 is 1.67 bits per heavy atom. The quantitative estimate of drug-likeness (QED) is 0.238. The first-order valence-electron chi connectivity index (χ1n) is 22.9. The number of benzene rings is 2. The van der Waals surface area contributed by atoms with E-state index in [1.807, 2.05) is 12.1 Å². The van der Waals surface area contributed by atoms with E-state index in [4.69, 9.17) is 26.3 Å². The molecule has 2 aromatic carbocycles. The zero-order valence-electron chi connectivity index (χ0n) is 40.1. The number of nitrogens with one attached hydrogen (secondary N) is 1. The largest absolute Gasteiger partial charge is 0.395 e. The van der Waals surface area contributed by atoms with Crippen molar-refractivity contribution in [1.29, 1.82) is 0 Å². The fraction of sp³-hybridized carbons (Fsp3) is 0.400. The molecule has 0 bridgehead atoms. The minimum absolute atomic E-state index is 0.0440. The number of aromatic nitrogens is 6. The standard InChI is InChI=1S/C18H19N3O.C13H13NO.C5H11NO2.C4H6N2/c1-12-19-9-10-21(12)11-13-7-8-16-17(18(13)22)14-5-3-4-6-15(14)20(16)2;1-14-10-6-3-2-5-9(10)13-11(14)7-4-8-12(13)15;7-3-1-6-2-4-8-5-6;1-4-5-2-3-6-4/h3-6,9-10,13H,7-8,11H2,1-2H3;2-3,5-6H,4,7-8H2,1H3;7H,1-5H2;2-3H,1H3,(H,5,6)/i1D3,2D3;1D3;;1D3. The van der Waals surface area contributed by atoms with Crippen LogP contribution in [0.3, 0.4) is 0 Å². The molecule has 3 aliphatic rings. The highest BCUT2D eigenvalue weighted by atomic mass is 16.5. The van der Waals surface area contributed by atoms with E-state index in [-0.39, 0.29) is 36.4 Å². The molecule has 1 unspecified atom stereocenters. The molecule has 11 heteroatoms. The predicted molar refractivity (Wildman–Crippen MR) is 199 cm³/mol. The van der Waals surface area contributed by atoms with E-state index in [2.05, 4.69) is 19.9 Å². The van der Waals surface area contributed by atoms with Crippen molar-refractivity contribution < 1.29 is 35.9 Å². The first kappa shape index (κ1) is 23.6. The summed E-state index contributed by atoms with van der Waals surface area (Å²) in [6.45, 7) is -5.37. The van der Waals surface area contributed by atoms with E-state index in [9.17, 15) is 9.59 Å². The minimum atomic E-state index is -2.38. The molecule has 2 N–H and O–H groups in total. The molecule has 1 aliphatic heterocycles. The van der Waals surface area contributed by atoms with Crippen molar-refractivity contribution in [2.75, 3.05) is 33.0 Å².